The lowest BCUT2D eigenvalue weighted by Gasteiger charge is -2.35. The normalized spacial score (nSPS) is 16.5. The van der Waals surface area contributed by atoms with Crippen molar-refractivity contribution in [1.82, 2.24) is 19.3 Å². The fraction of sp³-hybridized carbons (Fsp3) is 0.391. The Kier molecular flexibility index (Phi) is 6.16. The Morgan fingerprint density at radius 1 is 0.710 bits per heavy atom. The zero-order valence-corrected chi connectivity index (χ0v) is 17.4. The van der Waals surface area contributed by atoms with Crippen LogP contribution in [0.25, 0.3) is 0 Å². The quantitative estimate of drug-likeness (QED) is 0.686. The molecule has 4 rings (SSSR count). The highest BCUT2D eigenvalue weighted by Crippen LogP contribution is 2.12. The number of rotatable bonds is 3. The summed E-state index contributed by atoms with van der Waals surface area (Å²) in [4.78, 5) is 55.3. The number of hydrogen-bond donors (Lipinski definition) is 0. The van der Waals surface area contributed by atoms with E-state index in [9.17, 15) is 19.2 Å². The maximum absolute atomic E-state index is 13.0. The molecule has 0 radical (unpaired) electrons. The highest BCUT2D eigenvalue weighted by Gasteiger charge is 2.32. The van der Waals surface area contributed by atoms with E-state index in [1.807, 2.05) is 30.3 Å². The molecule has 8 heteroatoms. The maximum Gasteiger partial charge on any atom is 0.312 e. The lowest BCUT2D eigenvalue weighted by molar-refractivity contribution is -0.152. The number of carbonyl (C=O) groups excluding carboxylic acids is 3. The van der Waals surface area contributed by atoms with E-state index in [2.05, 4.69) is 0 Å². The predicted octanol–water partition coefficient (Wildman–Crippen LogP) is 0.803. The van der Waals surface area contributed by atoms with Gasteiger partial charge in [0.1, 0.15) is 5.56 Å². The van der Waals surface area contributed by atoms with Gasteiger partial charge in [-0.3, -0.25) is 19.2 Å². The van der Waals surface area contributed by atoms with Crippen LogP contribution in [0.2, 0.25) is 0 Å². The van der Waals surface area contributed by atoms with Gasteiger partial charge in [-0.1, -0.05) is 30.3 Å². The number of aromatic nitrogens is 1. The molecule has 1 aromatic carbocycles. The summed E-state index contributed by atoms with van der Waals surface area (Å²) in [5.41, 5.74) is 0.759. The highest BCUT2D eigenvalue weighted by atomic mass is 16.2. The van der Waals surface area contributed by atoms with Crippen LogP contribution in [0.15, 0.2) is 53.5 Å². The van der Waals surface area contributed by atoms with Crippen molar-refractivity contribution in [3.05, 3.63) is 70.1 Å². The molecule has 0 aliphatic carbocycles. The summed E-state index contributed by atoms with van der Waals surface area (Å²) >= 11 is 0. The monoisotopic (exact) mass is 422 g/mol. The predicted molar refractivity (Wildman–Crippen MR) is 115 cm³/mol. The first-order chi connectivity index (χ1) is 15.0. The molecule has 0 saturated carbocycles. The maximum atomic E-state index is 13.0. The van der Waals surface area contributed by atoms with Gasteiger partial charge in [-0.15, -0.1) is 0 Å². The molecule has 0 unspecified atom stereocenters. The van der Waals surface area contributed by atoms with Crippen LogP contribution in [-0.4, -0.2) is 76.3 Å². The molecule has 2 aliphatic rings. The summed E-state index contributed by atoms with van der Waals surface area (Å²) in [5, 5.41) is 0. The zero-order chi connectivity index (χ0) is 21.8. The van der Waals surface area contributed by atoms with Gasteiger partial charge >= 0.3 is 11.8 Å². The second-order valence-corrected chi connectivity index (χ2v) is 7.92. The Hall–Kier alpha value is -3.42. The molecular formula is C23H26N4O4. The summed E-state index contributed by atoms with van der Waals surface area (Å²) < 4.78 is 1.52. The summed E-state index contributed by atoms with van der Waals surface area (Å²) in [7, 11) is 0. The number of amides is 3. The van der Waals surface area contributed by atoms with Crippen LogP contribution < -0.4 is 5.56 Å². The van der Waals surface area contributed by atoms with Crippen molar-refractivity contribution in [3.63, 3.8) is 0 Å². The summed E-state index contributed by atoms with van der Waals surface area (Å²) in [6.07, 6.45) is 3.53. The zero-order valence-electron chi connectivity index (χ0n) is 17.4. The fourth-order valence-corrected chi connectivity index (χ4v) is 4.08. The van der Waals surface area contributed by atoms with Crippen molar-refractivity contribution in [2.45, 2.75) is 19.4 Å². The first-order valence-electron chi connectivity index (χ1n) is 10.7. The number of hydrogen-bond acceptors (Lipinski definition) is 4. The first-order valence-corrected chi connectivity index (χ1v) is 10.7. The standard InChI is InChI=1S/C23H26N4O4/c28-20(19-9-6-12-27(21(19)29)17-18-7-2-1-3-8-18)25-13-15-26(16-14-25)23(31)22(30)24-10-4-5-11-24/h1-3,6-9,12H,4-5,10-11,13-17H2. The molecule has 0 spiro atoms. The van der Waals surface area contributed by atoms with Gasteiger partial charge in [0.25, 0.3) is 11.5 Å². The van der Waals surface area contributed by atoms with Gasteiger partial charge in [0.15, 0.2) is 0 Å². The van der Waals surface area contributed by atoms with Gasteiger partial charge in [-0.2, -0.15) is 0 Å². The largest absolute Gasteiger partial charge is 0.335 e. The summed E-state index contributed by atoms with van der Waals surface area (Å²) in [6.45, 7) is 2.82. The molecule has 2 saturated heterocycles. The van der Waals surface area contributed by atoms with E-state index in [-0.39, 0.29) is 30.1 Å². The molecule has 1 aromatic heterocycles. The van der Waals surface area contributed by atoms with Gasteiger partial charge in [0.2, 0.25) is 0 Å². The summed E-state index contributed by atoms with van der Waals surface area (Å²) in [6, 6.07) is 12.8. The van der Waals surface area contributed by atoms with E-state index in [1.165, 1.54) is 9.47 Å². The van der Waals surface area contributed by atoms with E-state index in [4.69, 9.17) is 0 Å². The minimum atomic E-state index is -0.501. The molecule has 2 aliphatic heterocycles. The summed E-state index contributed by atoms with van der Waals surface area (Å²) in [5.74, 6) is -1.30. The third-order valence-corrected chi connectivity index (χ3v) is 5.88. The Labute approximate surface area is 180 Å². The minimum absolute atomic E-state index is 0.117. The van der Waals surface area contributed by atoms with E-state index in [0.717, 1.165) is 18.4 Å². The number of pyridine rings is 1. The van der Waals surface area contributed by atoms with E-state index >= 15 is 0 Å². The Morgan fingerprint density at radius 3 is 1.94 bits per heavy atom. The molecule has 2 fully saturated rings. The third-order valence-electron chi connectivity index (χ3n) is 5.88. The average Bonchev–Trinajstić information content (AvgIpc) is 3.35. The van der Waals surface area contributed by atoms with Crippen LogP contribution in [0.3, 0.4) is 0 Å². The fourth-order valence-electron chi connectivity index (χ4n) is 4.08. The molecule has 3 amide bonds. The van der Waals surface area contributed by atoms with Crippen molar-refractivity contribution in [2.75, 3.05) is 39.3 Å². The Morgan fingerprint density at radius 2 is 1.29 bits per heavy atom. The molecule has 0 bridgehead atoms. The number of benzene rings is 1. The first kappa shape index (κ1) is 20.8. The topological polar surface area (TPSA) is 82.9 Å². The second kappa shape index (κ2) is 9.16. The number of piperazine rings is 1. The van der Waals surface area contributed by atoms with Gasteiger partial charge in [0, 0.05) is 45.5 Å². The van der Waals surface area contributed by atoms with Crippen LogP contribution in [-0.2, 0) is 16.1 Å². The van der Waals surface area contributed by atoms with Crippen LogP contribution in [0.5, 0.6) is 0 Å². The molecule has 8 nitrogen and oxygen atoms in total. The van der Waals surface area contributed by atoms with Crippen molar-refractivity contribution < 1.29 is 14.4 Å². The smallest absolute Gasteiger partial charge is 0.312 e. The van der Waals surface area contributed by atoms with Crippen molar-refractivity contribution in [3.8, 4) is 0 Å². The molecule has 3 heterocycles. The number of nitrogens with zero attached hydrogens (tertiary/aromatic N) is 4. The number of likely N-dealkylation sites (tertiary alicyclic amines) is 1. The SMILES string of the molecule is O=C(C(=O)N1CCN(C(=O)c2cccn(Cc3ccccc3)c2=O)CC1)N1CCCC1. The van der Waals surface area contributed by atoms with Crippen LogP contribution in [0.4, 0.5) is 0 Å². The molecule has 2 aromatic rings. The molecule has 162 valence electrons. The minimum Gasteiger partial charge on any atom is -0.335 e. The van der Waals surface area contributed by atoms with Crippen LogP contribution in [0.1, 0.15) is 28.8 Å². The van der Waals surface area contributed by atoms with Gasteiger partial charge in [-0.05, 0) is 30.5 Å². The number of carbonyl (C=O) groups is 3. The molecule has 31 heavy (non-hydrogen) atoms. The average molecular weight is 422 g/mol. The van der Waals surface area contributed by atoms with Crippen LogP contribution in [0, 0.1) is 0 Å². The van der Waals surface area contributed by atoms with Gasteiger partial charge < -0.3 is 19.3 Å². The molecule has 0 atom stereocenters. The van der Waals surface area contributed by atoms with Gasteiger partial charge in [-0.25, -0.2) is 0 Å². The van der Waals surface area contributed by atoms with E-state index in [0.29, 0.717) is 32.7 Å². The Bertz CT molecular complexity index is 1020. The Balaban J connectivity index is 1.39. The van der Waals surface area contributed by atoms with Crippen molar-refractivity contribution >= 4 is 17.7 Å². The molecular weight excluding hydrogens is 396 g/mol. The van der Waals surface area contributed by atoms with E-state index < -0.39 is 11.8 Å². The van der Waals surface area contributed by atoms with Crippen LogP contribution >= 0.6 is 0 Å². The highest BCUT2D eigenvalue weighted by molar-refractivity contribution is 6.35. The second-order valence-electron chi connectivity index (χ2n) is 7.92. The van der Waals surface area contributed by atoms with E-state index in [1.54, 1.807) is 28.1 Å². The van der Waals surface area contributed by atoms with Crippen molar-refractivity contribution in [2.24, 2.45) is 0 Å². The third kappa shape index (κ3) is 4.52. The molecule has 0 N–H and O–H groups in total. The lowest BCUT2D eigenvalue weighted by Crippen LogP contribution is -2.54. The van der Waals surface area contributed by atoms with Gasteiger partial charge in [0.05, 0.1) is 6.54 Å². The lowest BCUT2D eigenvalue weighted by atomic mass is 10.2. The van der Waals surface area contributed by atoms with Crippen molar-refractivity contribution in [1.29, 1.82) is 0 Å².